The van der Waals surface area contributed by atoms with E-state index in [1.807, 2.05) is 25.1 Å². The third-order valence-electron chi connectivity index (χ3n) is 4.12. The first-order chi connectivity index (χ1) is 14.7. The minimum atomic E-state index is -0.201. The van der Waals surface area contributed by atoms with Crippen molar-refractivity contribution < 1.29 is 19.0 Å². The second-order valence-corrected chi connectivity index (χ2v) is 7.21. The van der Waals surface area contributed by atoms with E-state index in [0.717, 1.165) is 16.5 Å². The minimum Gasteiger partial charge on any atom is -0.492 e. The Hall–Kier alpha value is -2.93. The van der Waals surface area contributed by atoms with Crippen molar-refractivity contribution >= 4 is 39.8 Å². The number of aliphatic imine (C=N–C) groups is 1. The van der Waals surface area contributed by atoms with Crippen LogP contribution in [0.2, 0.25) is 0 Å². The molecule has 3 rings (SSSR count). The van der Waals surface area contributed by atoms with Gasteiger partial charge in [-0.3, -0.25) is 14.8 Å². The molecule has 30 heavy (non-hydrogen) atoms. The van der Waals surface area contributed by atoms with Gasteiger partial charge in [0.25, 0.3) is 5.91 Å². The molecular weight excluding hydrogens is 404 g/mol. The van der Waals surface area contributed by atoms with Crippen LogP contribution < -0.4 is 10.1 Å². The lowest BCUT2D eigenvalue weighted by Gasteiger charge is -2.09. The van der Waals surface area contributed by atoms with Crippen LogP contribution in [-0.4, -0.2) is 56.1 Å². The van der Waals surface area contributed by atoms with Gasteiger partial charge in [-0.2, -0.15) is 5.26 Å². The number of amides is 1. The van der Waals surface area contributed by atoms with E-state index >= 15 is 0 Å². The van der Waals surface area contributed by atoms with Gasteiger partial charge < -0.3 is 19.5 Å². The molecule has 0 aliphatic carbocycles. The Morgan fingerprint density at radius 3 is 2.97 bits per heavy atom. The van der Waals surface area contributed by atoms with Crippen molar-refractivity contribution in [2.75, 3.05) is 40.1 Å². The Morgan fingerprint density at radius 2 is 2.20 bits per heavy atom. The van der Waals surface area contributed by atoms with Crippen LogP contribution in [0.4, 0.5) is 0 Å². The first-order valence-corrected chi connectivity index (χ1v) is 10.3. The van der Waals surface area contributed by atoms with Gasteiger partial charge in [-0.15, -0.1) is 0 Å². The second-order valence-electron chi connectivity index (χ2n) is 6.18. The molecule has 0 spiro atoms. The fraction of sp³-hybridized carbons (Fsp3) is 0.333. The van der Waals surface area contributed by atoms with Crippen molar-refractivity contribution in [1.82, 2.24) is 10.3 Å². The summed E-state index contributed by atoms with van der Waals surface area (Å²) in [7, 11) is 1.62. The van der Waals surface area contributed by atoms with Crippen LogP contribution in [0.5, 0.6) is 5.75 Å². The summed E-state index contributed by atoms with van der Waals surface area (Å²) in [4.78, 5) is 21.5. The van der Waals surface area contributed by atoms with E-state index < -0.39 is 0 Å². The minimum absolute atomic E-state index is 0.201. The summed E-state index contributed by atoms with van der Waals surface area (Å²) in [6.07, 6.45) is 3.29. The van der Waals surface area contributed by atoms with E-state index in [4.69, 9.17) is 14.2 Å². The molecule has 0 atom stereocenters. The van der Waals surface area contributed by atoms with E-state index in [2.05, 4.69) is 21.4 Å². The molecule has 1 N–H and O–H groups in total. The molecular formula is C21H22N4O4S. The maximum absolute atomic E-state index is 12.3. The van der Waals surface area contributed by atoms with Gasteiger partial charge in [0.1, 0.15) is 17.4 Å². The van der Waals surface area contributed by atoms with E-state index in [1.165, 1.54) is 18.0 Å². The first-order valence-electron chi connectivity index (χ1n) is 9.44. The lowest BCUT2D eigenvalue weighted by Crippen LogP contribution is -2.20. The van der Waals surface area contributed by atoms with Crippen LogP contribution in [0.15, 0.2) is 34.3 Å². The predicted molar refractivity (Wildman–Crippen MR) is 116 cm³/mol. The fourth-order valence-electron chi connectivity index (χ4n) is 2.76. The van der Waals surface area contributed by atoms with Gasteiger partial charge in [-0.05, 0) is 42.5 Å². The number of rotatable bonds is 9. The summed E-state index contributed by atoms with van der Waals surface area (Å²) in [5, 5.41) is 13.4. The van der Waals surface area contributed by atoms with E-state index in [-0.39, 0.29) is 5.91 Å². The van der Waals surface area contributed by atoms with Gasteiger partial charge in [0.2, 0.25) is 0 Å². The number of methoxy groups -OCH3 is 1. The highest BCUT2D eigenvalue weighted by atomic mass is 32.2. The first kappa shape index (κ1) is 21.8. The van der Waals surface area contributed by atoms with Gasteiger partial charge in [0.05, 0.1) is 43.4 Å². The molecule has 9 heteroatoms. The van der Waals surface area contributed by atoms with Crippen molar-refractivity contribution in [3.63, 3.8) is 0 Å². The molecule has 1 aromatic carbocycles. The molecule has 156 valence electrons. The maximum atomic E-state index is 12.3. The predicted octanol–water partition coefficient (Wildman–Crippen LogP) is 2.73. The molecule has 1 aromatic heterocycles. The topological polar surface area (TPSA) is 106 Å². The molecule has 2 heterocycles. The Morgan fingerprint density at radius 1 is 1.33 bits per heavy atom. The molecule has 1 fully saturated rings. The molecule has 0 bridgehead atoms. The van der Waals surface area contributed by atoms with Crippen molar-refractivity contribution in [3.05, 3.63) is 40.4 Å². The largest absolute Gasteiger partial charge is 0.492 e. The van der Waals surface area contributed by atoms with E-state index in [0.29, 0.717) is 54.4 Å². The van der Waals surface area contributed by atoms with Crippen LogP contribution in [-0.2, 0) is 14.3 Å². The summed E-state index contributed by atoms with van der Waals surface area (Å²) in [5.74, 6) is 0.303. The summed E-state index contributed by atoms with van der Waals surface area (Å²) >= 11 is 1.28. The van der Waals surface area contributed by atoms with Gasteiger partial charge in [-0.25, -0.2) is 0 Å². The average molecular weight is 426 g/mol. The van der Waals surface area contributed by atoms with Crippen molar-refractivity contribution in [2.45, 2.75) is 6.92 Å². The normalized spacial score (nSPS) is 16.2. The summed E-state index contributed by atoms with van der Waals surface area (Å²) in [6.45, 7) is 4.27. The third kappa shape index (κ3) is 5.36. The van der Waals surface area contributed by atoms with E-state index in [9.17, 15) is 10.1 Å². The van der Waals surface area contributed by atoms with Crippen LogP contribution in [0, 0.1) is 11.3 Å². The van der Waals surface area contributed by atoms with Gasteiger partial charge in [0, 0.05) is 18.7 Å². The van der Waals surface area contributed by atoms with Gasteiger partial charge in [0.15, 0.2) is 5.17 Å². The molecule has 0 radical (unpaired) electrons. The Kier molecular flexibility index (Phi) is 7.79. The van der Waals surface area contributed by atoms with Gasteiger partial charge >= 0.3 is 0 Å². The number of hydrogen-bond donors (Lipinski definition) is 1. The number of ether oxygens (including phenoxy) is 3. The summed E-state index contributed by atoms with van der Waals surface area (Å²) in [5.41, 5.74) is 1.91. The highest BCUT2D eigenvalue weighted by molar-refractivity contribution is 8.18. The molecule has 1 aliphatic heterocycles. The molecule has 2 aromatic rings. The second kappa shape index (κ2) is 10.7. The van der Waals surface area contributed by atoms with Crippen LogP contribution in [0.25, 0.3) is 17.0 Å². The number of benzene rings is 1. The summed E-state index contributed by atoms with van der Waals surface area (Å²) in [6, 6.07) is 7.69. The lowest BCUT2D eigenvalue weighted by atomic mass is 10.1. The van der Waals surface area contributed by atoms with Crippen molar-refractivity contribution in [3.8, 4) is 11.8 Å². The zero-order valence-electron chi connectivity index (χ0n) is 16.8. The molecule has 1 aliphatic rings. The third-order valence-corrected chi connectivity index (χ3v) is 5.07. The molecule has 8 nitrogen and oxygen atoms in total. The average Bonchev–Trinajstić information content (AvgIpc) is 3.10. The van der Waals surface area contributed by atoms with Crippen LogP contribution in [0.1, 0.15) is 18.1 Å². The monoisotopic (exact) mass is 426 g/mol. The molecule has 1 saturated heterocycles. The molecule has 0 saturated carbocycles. The number of carbonyl (C=O) groups is 1. The molecule has 1 amide bonds. The fourth-order valence-corrected chi connectivity index (χ4v) is 3.61. The highest BCUT2D eigenvalue weighted by Gasteiger charge is 2.23. The van der Waals surface area contributed by atoms with Crippen molar-refractivity contribution in [1.29, 1.82) is 5.26 Å². The zero-order valence-corrected chi connectivity index (χ0v) is 17.6. The van der Waals surface area contributed by atoms with Crippen LogP contribution >= 0.6 is 11.8 Å². The standard InChI is InChI=1S/C21H22N4O4S/c1-3-29-19-15(12-22)13-24-17-5-4-14(10-16(17)19)11-18-20(26)25-21(30-18)23-6-7-28-9-8-27-2/h4-5,10-11,13H,3,6-9H2,1-2H3,(H,23,25,26). The number of nitrogens with one attached hydrogen (secondary N) is 1. The number of pyridine rings is 1. The summed E-state index contributed by atoms with van der Waals surface area (Å²) < 4.78 is 16.0. The lowest BCUT2D eigenvalue weighted by molar-refractivity contribution is -0.115. The number of fused-ring (bicyclic) bond motifs is 1. The zero-order chi connectivity index (χ0) is 21.3. The highest BCUT2D eigenvalue weighted by Crippen LogP contribution is 2.31. The molecule has 0 unspecified atom stereocenters. The number of aromatic nitrogens is 1. The Bertz CT molecular complexity index is 1030. The Labute approximate surface area is 178 Å². The Balaban J connectivity index is 1.77. The quantitative estimate of drug-likeness (QED) is 0.485. The number of thioether (sulfide) groups is 1. The van der Waals surface area contributed by atoms with Crippen LogP contribution in [0.3, 0.4) is 0 Å². The van der Waals surface area contributed by atoms with Gasteiger partial charge in [-0.1, -0.05) is 6.07 Å². The maximum Gasteiger partial charge on any atom is 0.264 e. The van der Waals surface area contributed by atoms with E-state index in [1.54, 1.807) is 13.2 Å². The number of hydrogen-bond acceptors (Lipinski definition) is 8. The number of carbonyl (C=O) groups excluding carboxylic acids is 1. The number of nitrogens with zero attached hydrogens (tertiary/aromatic N) is 3. The SMILES string of the molecule is CCOc1c(C#N)cnc2ccc(C=C3SC(=NCCOCCOC)NC3=O)cc12. The smallest absolute Gasteiger partial charge is 0.264 e. The number of amidine groups is 1. The number of nitriles is 1. The van der Waals surface area contributed by atoms with Crippen molar-refractivity contribution in [2.24, 2.45) is 4.99 Å².